The maximum atomic E-state index is 6.36. The third-order valence-corrected chi connectivity index (χ3v) is 4.62. The molecule has 0 fully saturated rings. The Morgan fingerprint density at radius 2 is 1.64 bits per heavy atom. The molecule has 0 radical (unpaired) electrons. The minimum absolute atomic E-state index is 0.381. The summed E-state index contributed by atoms with van der Waals surface area (Å²) in [6.07, 6.45) is 1.82. The van der Waals surface area contributed by atoms with Crippen LogP contribution in [0.15, 0.2) is 66.9 Å². The van der Waals surface area contributed by atoms with Crippen LogP contribution in [0.4, 0.5) is 11.8 Å². The van der Waals surface area contributed by atoms with Gasteiger partial charge in [-0.3, -0.25) is 5.10 Å². The Labute approximate surface area is 164 Å². The van der Waals surface area contributed by atoms with Crippen LogP contribution < -0.4 is 5.32 Å². The Morgan fingerprint density at radius 1 is 0.821 bits per heavy atom. The van der Waals surface area contributed by atoms with E-state index < -0.39 is 0 Å². The first-order valence-corrected chi connectivity index (χ1v) is 9.00. The molecule has 0 aliphatic heterocycles. The zero-order chi connectivity index (χ0) is 18.9. The second-order valence-corrected chi connectivity index (χ2v) is 6.52. The number of rotatable bonds is 4. The summed E-state index contributed by atoms with van der Waals surface area (Å²) in [5.74, 6) is 2.01. The van der Waals surface area contributed by atoms with E-state index in [-0.39, 0.29) is 0 Å². The van der Waals surface area contributed by atoms with E-state index in [4.69, 9.17) is 11.6 Å². The molecule has 3 aromatic heterocycles. The first-order chi connectivity index (χ1) is 13.8. The summed E-state index contributed by atoms with van der Waals surface area (Å²) in [4.78, 5) is 16.8. The summed E-state index contributed by atoms with van der Waals surface area (Å²) in [6, 6.07) is 19.1. The predicted octanol–water partition coefficient (Wildman–Crippen LogP) is 4.81. The monoisotopic (exact) mass is 387 g/mol. The number of para-hydroxylation sites is 1. The summed E-state index contributed by atoms with van der Waals surface area (Å²) in [5, 5.41) is 12.0. The Bertz CT molecular complexity index is 1260. The van der Waals surface area contributed by atoms with E-state index in [1.807, 2.05) is 66.9 Å². The number of fused-ring (bicyclic) bond motifs is 1. The van der Waals surface area contributed by atoms with Crippen molar-refractivity contribution in [2.75, 3.05) is 5.32 Å². The van der Waals surface area contributed by atoms with Gasteiger partial charge in [-0.25, -0.2) is 4.98 Å². The lowest BCUT2D eigenvalue weighted by Crippen LogP contribution is -2.04. The minimum Gasteiger partial charge on any atom is -0.359 e. The summed E-state index contributed by atoms with van der Waals surface area (Å²) in [6.45, 7) is 0. The fourth-order valence-corrected chi connectivity index (χ4v) is 3.17. The lowest BCUT2D eigenvalue weighted by Gasteiger charge is -2.08. The Balaban J connectivity index is 1.64. The maximum Gasteiger partial charge on any atom is 0.232 e. The molecule has 0 unspecified atom stereocenters. The van der Waals surface area contributed by atoms with Gasteiger partial charge >= 0.3 is 0 Å². The number of anilines is 2. The van der Waals surface area contributed by atoms with Crippen LogP contribution in [0.1, 0.15) is 0 Å². The highest BCUT2D eigenvalue weighted by molar-refractivity contribution is 6.33. The number of benzene rings is 2. The zero-order valence-corrected chi connectivity index (χ0v) is 15.3. The first kappa shape index (κ1) is 16.5. The lowest BCUT2D eigenvalue weighted by atomic mass is 10.2. The molecule has 0 bridgehead atoms. The first-order valence-electron chi connectivity index (χ1n) is 8.63. The maximum absolute atomic E-state index is 6.36. The van der Waals surface area contributed by atoms with Gasteiger partial charge in [0, 0.05) is 17.1 Å². The fraction of sp³-hybridized carbons (Fsp3) is 0. The van der Waals surface area contributed by atoms with E-state index in [0.717, 1.165) is 22.2 Å². The molecule has 28 heavy (non-hydrogen) atoms. The standard InChI is InChI=1S/C20H14ClN7/c21-14-8-3-1-6-12(14)17-23-19(16-10-5-11-22-16)26-20(24-17)25-18-13-7-2-4-9-15(13)27-28-18/h1-11,22H,(H2,23,24,25,26,27,28). The molecule has 0 amide bonds. The van der Waals surface area contributed by atoms with Crippen molar-refractivity contribution >= 4 is 34.3 Å². The number of nitrogens with one attached hydrogen (secondary N) is 3. The van der Waals surface area contributed by atoms with Crippen molar-refractivity contribution in [3.63, 3.8) is 0 Å². The van der Waals surface area contributed by atoms with Gasteiger partial charge in [0.05, 0.1) is 16.2 Å². The predicted molar refractivity (Wildman–Crippen MR) is 109 cm³/mol. The van der Waals surface area contributed by atoms with Crippen LogP contribution in [0.5, 0.6) is 0 Å². The van der Waals surface area contributed by atoms with Crippen LogP contribution >= 0.6 is 11.6 Å². The van der Waals surface area contributed by atoms with Gasteiger partial charge in [-0.15, -0.1) is 0 Å². The van der Waals surface area contributed by atoms with Crippen molar-refractivity contribution in [1.82, 2.24) is 30.1 Å². The van der Waals surface area contributed by atoms with Crippen LogP contribution in [0.2, 0.25) is 5.02 Å². The number of hydrogen-bond acceptors (Lipinski definition) is 5. The number of nitrogens with zero attached hydrogens (tertiary/aromatic N) is 4. The Kier molecular flexibility index (Phi) is 3.99. The zero-order valence-electron chi connectivity index (χ0n) is 14.5. The average molecular weight is 388 g/mol. The molecule has 0 aliphatic carbocycles. The van der Waals surface area contributed by atoms with E-state index in [1.54, 1.807) is 0 Å². The van der Waals surface area contributed by atoms with Crippen molar-refractivity contribution < 1.29 is 0 Å². The fourth-order valence-electron chi connectivity index (χ4n) is 2.95. The molecule has 0 spiro atoms. The molecule has 3 heterocycles. The number of hydrogen-bond donors (Lipinski definition) is 3. The Morgan fingerprint density at radius 3 is 2.50 bits per heavy atom. The molecule has 5 rings (SSSR count). The molecule has 0 aliphatic rings. The number of halogens is 1. The summed E-state index contributed by atoms with van der Waals surface area (Å²) < 4.78 is 0. The summed E-state index contributed by atoms with van der Waals surface area (Å²) in [5.41, 5.74) is 2.44. The van der Waals surface area contributed by atoms with Gasteiger partial charge in [0.2, 0.25) is 5.95 Å². The van der Waals surface area contributed by atoms with Gasteiger partial charge in [0.1, 0.15) is 0 Å². The van der Waals surface area contributed by atoms with E-state index in [1.165, 1.54) is 0 Å². The quantitative estimate of drug-likeness (QED) is 0.411. The van der Waals surface area contributed by atoms with Crippen molar-refractivity contribution in [1.29, 1.82) is 0 Å². The molecule has 8 heteroatoms. The van der Waals surface area contributed by atoms with E-state index in [9.17, 15) is 0 Å². The molecule has 2 aromatic carbocycles. The number of H-pyrrole nitrogens is 2. The SMILES string of the molecule is Clc1ccccc1-c1nc(Nc2n[nH]c3ccccc23)nc(-c2ccc[nH]2)n1. The molecular formula is C20H14ClN7. The molecule has 0 atom stereocenters. The smallest absolute Gasteiger partial charge is 0.232 e. The summed E-state index contributed by atoms with van der Waals surface area (Å²) >= 11 is 6.36. The summed E-state index contributed by atoms with van der Waals surface area (Å²) in [7, 11) is 0. The van der Waals surface area contributed by atoms with Crippen LogP contribution in [0.25, 0.3) is 33.8 Å². The minimum atomic E-state index is 0.381. The van der Waals surface area contributed by atoms with E-state index in [2.05, 4.69) is 35.5 Å². The molecule has 3 N–H and O–H groups in total. The normalized spacial score (nSPS) is 11.0. The third kappa shape index (κ3) is 2.97. The Hall–Kier alpha value is -3.71. The molecule has 0 saturated carbocycles. The highest BCUT2D eigenvalue weighted by Crippen LogP contribution is 2.28. The van der Waals surface area contributed by atoms with Crippen LogP contribution in [-0.2, 0) is 0 Å². The van der Waals surface area contributed by atoms with Gasteiger partial charge in [-0.2, -0.15) is 15.1 Å². The van der Waals surface area contributed by atoms with Crippen molar-refractivity contribution in [2.45, 2.75) is 0 Å². The second-order valence-electron chi connectivity index (χ2n) is 6.11. The van der Waals surface area contributed by atoms with Crippen LogP contribution in [0, 0.1) is 0 Å². The largest absolute Gasteiger partial charge is 0.359 e. The average Bonchev–Trinajstić information content (AvgIpc) is 3.39. The van der Waals surface area contributed by atoms with Crippen molar-refractivity contribution in [2.24, 2.45) is 0 Å². The van der Waals surface area contributed by atoms with Crippen molar-refractivity contribution in [3.05, 3.63) is 71.9 Å². The topological polar surface area (TPSA) is 95.2 Å². The second kappa shape index (κ2) is 6.79. The molecular weight excluding hydrogens is 374 g/mol. The molecule has 136 valence electrons. The van der Waals surface area contributed by atoms with Gasteiger partial charge in [-0.05, 0) is 36.4 Å². The van der Waals surface area contributed by atoms with E-state index >= 15 is 0 Å². The van der Waals surface area contributed by atoms with Crippen LogP contribution in [0.3, 0.4) is 0 Å². The van der Waals surface area contributed by atoms with Gasteiger partial charge in [0.15, 0.2) is 17.5 Å². The van der Waals surface area contributed by atoms with Crippen molar-refractivity contribution in [3.8, 4) is 22.9 Å². The lowest BCUT2D eigenvalue weighted by molar-refractivity contribution is 1.05. The molecule has 7 nitrogen and oxygen atoms in total. The highest BCUT2D eigenvalue weighted by atomic mass is 35.5. The molecule has 5 aromatic rings. The van der Waals surface area contributed by atoms with Crippen LogP contribution in [-0.4, -0.2) is 30.1 Å². The van der Waals surface area contributed by atoms with Gasteiger partial charge < -0.3 is 10.3 Å². The third-order valence-electron chi connectivity index (χ3n) is 4.29. The molecule has 0 saturated heterocycles. The highest BCUT2D eigenvalue weighted by Gasteiger charge is 2.14. The van der Waals surface area contributed by atoms with E-state index in [0.29, 0.717) is 28.4 Å². The van der Waals surface area contributed by atoms with Gasteiger partial charge in [-0.1, -0.05) is 35.9 Å². The number of aromatic nitrogens is 6. The van der Waals surface area contributed by atoms with Gasteiger partial charge in [0.25, 0.3) is 0 Å². The number of aromatic amines is 2.